The highest BCUT2D eigenvalue weighted by molar-refractivity contribution is 5.85. The van der Waals surface area contributed by atoms with Gasteiger partial charge in [0.1, 0.15) is 11.5 Å². The van der Waals surface area contributed by atoms with Gasteiger partial charge in [0.15, 0.2) is 0 Å². The van der Waals surface area contributed by atoms with Crippen LogP contribution >= 0.6 is 0 Å². The van der Waals surface area contributed by atoms with Crippen LogP contribution in [0.2, 0.25) is 0 Å². The summed E-state index contributed by atoms with van der Waals surface area (Å²) in [5, 5.41) is 13.2. The highest BCUT2D eigenvalue weighted by Crippen LogP contribution is 2.35. The molecule has 0 aliphatic heterocycles. The molecule has 9 aromatic rings. The number of oxazole rings is 2. The molecule has 2 heterocycles. The molecule has 9 rings (SSSR count). The van der Waals surface area contributed by atoms with Gasteiger partial charge in [-0.2, -0.15) is 0 Å². The molecule has 2 aromatic heterocycles. The van der Waals surface area contributed by atoms with E-state index >= 15 is 0 Å². The minimum atomic E-state index is -0.864. The van der Waals surface area contributed by atoms with E-state index in [0.717, 1.165) is 123 Å². The van der Waals surface area contributed by atoms with Crippen molar-refractivity contribution in [2.24, 2.45) is 5.18 Å². The smallest absolute Gasteiger partial charge is 0.311 e. The first-order chi connectivity index (χ1) is 34.7. The van der Waals surface area contributed by atoms with E-state index in [9.17, 15) is 19.6 Å². The number of carbonyl (C=O) groups is 2. The standard InChI is InChI=1S/C62H55N3O6/c1-41-57(63-60(70-41)52-17-7-4-8-18-52)21-11-13-44-25-29-46(30-26-44)40-56(62(67)68)51-37-35-49(36-38-51)53-19-9-10-20-54(53)61-64-58(42(2)71-61)22-12-14-43-23-27-45(28-24-43)39-55(59(66)65-69)50-33-31-48(32-34-50)47-15-5-3-6-16-47/h3-10,15-20,23-38,55-56H,11-14,21-22,39-40H2,1-2H3,(H,67,68). The van der Waals surface area contributed by atoms with Crippen molar-refractivity contribution < 1.29 is 23.5 Å². The van der Waals surface area contributed by atoms with Gasteiger partial charge >= 0.3 is 5.97 Å². The van der Waals surface area contributed by atoms with Gasteiger partial charge in [-0.1, -0.05) is 164 Å². The second-order valence-corrected chi connectivity index (χ2v) is 18.2. The molecule has 7 aromatic carbocycles. The largest absolute Gasteiger partial charge is 0.481 e. The first-order valence-corrected chi connectivity index (χ1v) is 24.3. The molecule has 1 amide bonds. The average Bonchev–Trinajstić information content (AvgIpc) is 3.98. The summed E-state index contributed by atoms with van der Waals surface area (Å²) in [4.78, 5) is 46.5. The van der Waals surface area contributed by atoms with Crippen LogP contribution in [-0.4, -0.2) is 27.0 Å². The monoisotopic (exact) mass is 937 g/mol. The Morgan fingerprint density at radius 1 is 0.465 bits per heavy atom. The van der Waals surface area contributed by atoms with Gasteiger partial charge in [0.2, 0.25) is 11.8 Å². The van der Waals surface area contributed by atoms with Crippen molar-refractivity contribution in [2.75, 3.05) is 0 Å². The SMILES string of the molecule is Cc1oc(-c2ccccc2)nc1CCCc1ccc(CC(C(=O)O)c2ccc(-c3ccccc3-c3nc(CCCc4ccc(CC(C(=O)N=O)c5ccc(-c6ccccc6)cc5)cc4)c(C)o3)cc2)cc1. The first-order valence-electron chi connectivity index (χ1n) is 24.3. The van der Waals surface area contributed by atoms with Crippen LogP contribution in [0.4, 0.5) is 0 Å². The molecule has 0 saturated carbocycles. The van der Waals surface area contributed by atoms with Crippen molar-refractivity contribution in [1.82, 2.24) is 9.97 Å². The molecule has 9 heteroatoms. The fourth-order valence-corrected chi connectivity index (χ4v) is 9.33. The minimum Gasteiger partial charge on any atom is -0.481 e. The predicted molar refractivity (Wildman–Crippen MR) is 279 cm³/mol. The molecule has 71 heavy (non-hydrogen) atoms. The summed E-state index contributed by atoms with van der Waals surface area (Å²) >= 11 is 0. The van der Waals surface area contributed by atoms with Crippen LogP contribution < -0.4 is 0 Å². The number of benzene rings is 7. The topological polar surface area (TPSA) is 136 Å². The molecule has 0 fully saturated rings. The summed E-state index contributed by atoms with van der Waals surface area (Å²) in [6.07, 6.45) is 5.79. The van der Waals surface area contributed by atoms with Crippen LogP contribution in [0.15, 0.2) is 196 Å². The first kappa shape index (κ1) is 47.8. The molecule has 354 valence electrons. The molecule has 0 saturated heterocycles. The van der Waals surface area contributed by atoms with Gasteiger partial charge in [0.05, 0.1) is 23.2 Å². The third kappa shape index (κ3) is 11.8. The Balaban J connectivity index is 0.785. The van der Waals surface area contributed by atoms with E-state index in [2.05, 4.69) is 29.4 Å². The number of hydrogen-bond acceptors (Lipinski definition) is 7. The lowest BCUT2D eigenvalue weighted by atomic mass is 9.89. The van der Waals surface area contributed by atoms with E-state index in [1.54, 1.807) is 0 Å². The third-order valence-corrected chi connectivity index (χ3v) is 13.4. The van der Waals surface area contributed by atoms with Crippen molar-refractivity contribution >= 4 is 11.9 Å². The predicted octanol–water partition coefficient (Wildman–Crippen LogP) is 14.3. The molecular weight excluding hydrogens is 883 g/mol. The van der Waals surface area contributed by atoms with Crippen LogP contribution in [0.5, 0.6) is 0 Å². The van der Waals surface area contributed by atoms with E-state index in [4.69, 9.17) is 18.8 Å². The van der Waals surface area contributed by atoms with E-state index in [1.807, 2.05) is 172 Å². The number of nitroso groups, excluding NO2 is 1. The highest BCUT2D eigenvalue weighted by atomic mass is 16.4. The highest BCUT2D eigenvalue weighted by Gasteiger charge is 2.24. The zero-order valence-corrected chi connectivity index (χ0v) is 40.0. The molecule has 0 bridgehead atoms. The molecular formula is C62H55N3O6. The van der Waals surface area contributed by atoms with Crippen LogP contribution in [0.1, 0.15) is 81.0 Å². The number of carboxylic acids is 1. The van der Waals surface area contributed by atoms with Gasteiger partial charge in [-0.3, -0.25) is 9.59 Å². The van der Waals surface area contributed by atoms with Crippen molar-refractivity contribution in [3.05, 3.63) is 243 Å². The number of carbonyl (C=O) groups excluding carboxylic acids is 1. The molecule has 0 aliphatic rings. The number of rotatable bonds is 20. The van der Waals surface area contributed by atoms with Crippen LogP contribution in [0.3, 0.4) is 0 Å². The van der Waals surface area contributed by atoms with E-state index in [0.29, 0.717) is 24.6 Å². The van der Waals surface area contributed by atoms with Crippen molar-refractivity contribution in [1.29, 1.82) is 0 Å². The van der Waals surface area contributed by atoms with Crippen molar-refractivity contribution in [3.8, 4) is 45.2 Å². The Morgan fingerprint density at radius 2 is 0.887 bits per heavy atom. The average molecular weight is 938 g/mol. The molecule has 2 atom stereocenters. The Bertz CT molecular complexity index is 3210. The van der Waals surface area contributed by atoms with Gasteiger partial charge in [-0.15, -0.1) is 4.91 Å². The number of hydrogen-bond donors (Lipinski definition) is 1. The van der Waals surface area contributed by atoms with Gasteiger partial charge in [-0.25, -0.2) is 9.97 Å². The summed E-state index contributed by atoms with van der Waals surface area (Å²) in [7, 11) is 0. The van der Waals surface area contributed by atoms with Gasteiger partial charge in [0, 0.05) is 16.3 Å². The van der Waals surface area contributed by atoms with Crippen LogP contribution in [0, 0.1) is 18.8 Å². The van der Waals surface area contributed by atoms with E-state index in [1.165, 1.54) is 5.56 Å². The number of aryl methyl sites for hydroxylation is 6. The summed E-state index contributed by atoms with van der Waals surface area (Å²) in [5.41, 5.74) is 13.5. The minimum absolute atomic E-state index is 0.379. The Labute approximate surface area is 414 Å². The van der Waals surface area contributed by atoms with Gasteiger partial charge in [0.25, 0.3) is 5.91 Å². The quantitative estimate of drug-likeness (QED) is 0.0746. The summed E-state index contributed by atoms with van der Waals surface area (Å²) in [6, 6.07) is 60.0. The second-order valence-electron chi connectivity index (χ2n) is 18.2. The maximum Gasteiger partial charge on any atom is 0.311 e. The fourth-order valence-electron chi connectivity index (χ4n) is 9.33. The number of aliphatic carboxylic acids is 1. The molecule has 1 N–H and O–H groups in total. The Kier molecular flexibility index (Phi) is 15.1. The number of carboxylic acid groups (broad SMARTS) is 1. The van der Waals surface area contributed by atoms with Gasteiger partial charge in [-0.05, 0) is 139 Å². The molecule has 2 unspecified atom stereocenters. The zero-order chi connectivity index (χ0) is 49.1. The Hall–Kier alpha value is -8.30. The molecule has 0 aliphatic carbocycles. The summed E-state index contributed by atoms with van der Waals surface area (Å²) in [6.45, 7) is 3.91. The number of nitrogens with zero attached hydrogens (tertiary/aromatic N) is 3. The van der Waals surface area contributed by atoms with Crippen LogP contribution in [-0.2, 0) is 48.1 Å². The Morgan fingerprint density at radius 3 is 1.42 bits per heavy atom. The fraction of sp³-hybridized carbons (Fsp3) is 0.194. The number of aromatic nitrogens is 2. The maximum atomic E-state index is 12.7. The van der Waals surface area contributed by atoms with Crippen molar-refractivity contribution in [3.63, 3.8) is 0 Å². The van der Waals surface area contributed by atoms with Crippen molar-refractivity contribution in [2.45, 2.75) is 77.0 Å². The lowest BCUT2D eigenvalue weighted by Gasteiger charge is -2.15. The molecule has 0 radical (unpaired) electrons. The molecule has 9 nitrogen and oxygen atoms in total. The summed E-state index contributed by atoms with van der Waals surface area (Å²) in [5.74, 6) is -0.0876. The number of amides is 1. The lowest BCUT2D eigenvalue weighted by molar-refractivity contribution is -0.138. The third-order valence-electron chi connectivity index (χ3n) is 13.4. The summed E-state index contributed by atoms with van der Waals surface area (Å²) < 4.78 is 12.2. The van der Waals surface area contributed by atoms with Gasteiger partial charge < -0.3 is 13.9 Å². The van der Waals surface area contributed by atoms with E-state index < -0.39 is 23.7 Å². The van der Waals surface area contributed by atoms with Crippen LogP contribution in [0.25, 0.3) is 45.2 Å². The maximum absolute atomic E-state index is 12.7. The normalized spacial score (nSPS) is 12.1. The van der Waals surface area contributed by atoms with E-state index in [-0.39, 0.29) is 0 Å². The lowest BCUT2D eigenvalue weighted by Crippen LogP contribution is -2.14. The zero-order valence-electron chi connectivity index (χ0n) is 40.0. The molecule has 0 spiro atoms. The second kappa shape index (κ2) is 22.4.